The van der Waals surface area contributed by atoms with Gasteiger partial charge >= 0.3 is 0 Å². The minimum atomic E-state index is -0.442. The van der Waals surface area contributed by atoms with Crippen LogP contribution < -0.4 is 9.47 Å². The average Bonchev–Trinajstić information content (AvgIpc) is 2.70. The van der Waals surface area contributed by atoms with Gasteiger partial charge in [0.2, 0.25) is 0 Å². The van der Waals surface area contributed by atoms with Gasteiger partial charge in [0, 0.05) is 23.7 Å². The third-order valence-electron chi connectivity index (χ3n) is 4.81. The van der Waals surface area contributed by atoms with E-state index >= 15 is 0 Å². The minimum absolute atomic E-state index is 0.152. The van der Waals surface area contributed by atoms with Gasteiger partial charge in [0.15, 0.2) is 11.5 Å². The van der Waals surface area contributed by atoms with Crippen LogP contribution in [-0.4, -0.2) is 50.1 Å². The first-order valence-corrected chi connectivity index (χ1v) is 9.08. The first kappa shape index (κ1) is 19.9. The predicted octanol–water partition coefficient (Wildman–Crippen LogP) is 3.43. The van der Waals surface area contributed by atoms with Crippen LogP contribution in [0.4, 0.5) is 4.39 Å². The van der Waals surface area contributed by atoms with Gasteiger partial charge in [0.05, 0.1) is 33.5 Å². The van der Waals surface area contributed by atoms with Crippen LogP contribution in [0.1, 0.15) is 17.2 Å². The zero-order valence-electron chi connectivity index (χ0n) is 15.3. The summed E-state index contributed by atoms with van der Waals surface area (Å²) >= 11 is 6.22. The number of aliphatic hydroxyl groups is 1. The summed E-state index contributed by atoms with van der Waals surface area (Å²) in [5.41, 5.74) is 1.32. The van der Waals surface area contributed by atoms with Gasteiger partial charge in [-0.1, -0.05) is 23.7 Å². The summed E-state index contributed by atoms with van der Waals surface area (Å²) in [6, 6.07) is 9.95. The smallest absolute Gasteiger partial charge is 0.161 e. The van der Waals surface area contributed by atoms with Gasteiger partial charge in [0.1, 0.15) is 11.9 Å². The van der Waals surface area contributed by atoms with Gasteiger partial charge in [-0.15, -0.1) is 0 Å². The number of hydrogen-bond acceptors (Lipinski definition) is 5. The lowest BCUT2D eigenvalue weighted by atomic mass is 9.97. The Labute approximate surface area is 163 Å². The molecule has 7 heteroatoms. The topological polar surface area (TPSA) is 51.2 Å². The second kappa shape index (κ2) is 8.89. The van der Waals surface area contributed by atoms with Gasteiger partial charge in [-0.25, -0.2) is 4.39 Å². The van der Waals surface area contributed by atoms with Crippen LogP contribution in [0.3, 0.4) is 0 Å². The van der Waals surface area contributed by atoms with Crippen molar-refractivity contribution in [2.24, 2.45) is 0 Å². The van der Waals surface area contributed by atoms with E-state index in [1.807, 2.05) is 18.2 Å². The summed E-state index contributed by atoms with van der Waals surface area (Å²) in [4.78, 5) is 2.07. The van der Waals surface area contributed by atoms with E-state index in [1.165, 1.54) is 6.07 Å². The molecule has 0 radical (unpaired) electrons. The predicted molar refractivity (Wildman–Crippen MR) is 101 cm³/mol. The molecule has 1 aliphatic rings. The highest BCUT2D eigenvalue weighted by Crippen LogP contribution is 2.37. The number of benzene rings is 2. The largest absolute Gasteiger partial charge is 0.493 e. The molecule has 1 N–H and O–H groups in total. The Morgan fingerprint density at radius 1 is 1.22 bits per heavy atom. The van der Waals surface area contributed by atoms with Crippen molar-refractivity contribution in [1.82, 2.24) is 4.90 Å². The highest BCUT2D eigenvalue weighted by molar-refractivity contribution is 6.31. The zero-order chi connectivity index (χ0) is 19.4. The molecule has 0 aromatic heterocycles. The molecule has 0 saturated carbocycles. The molecule has 0 unspecified atom stereocenters. The highest BCUT2D eigenvalue weighted by atomic mass is 35.5. The van der Waals surface area contributed by atoms with E-state index < -0.39 is 6.10 Å². The van der Waals surface area contributed by atoms with Crippen LogP contribution in [0.15, 0.2) is 36.4 Å². The van der Waals surface area contributed by atoms with E-state index in [-0.39, 0.29) is 18.5 Å². The second-order valence-electron chi connectivity index (χ2n) is 6.32. The lowest BCUT2D eigenvalue weighted by Crippen LogP contribution is -2.46. The number of nitrogens with zero attached hydrogens (tertiary/aromatic N) is 1. The van der Waals surface area contributed by atoms with E-state index in [9.17, 15) is 9.50 Å². The number of methoxy groups -OCH3 is 2. The van der Waals surface area contributed by atoms with Crippen molar-refractivity contribution in [3.05, 3.63) is 58.4 Å². The molecule has 2 atom stereocenters. The second-order valence-corrected chi connectivity index (χ2v) is 6.73. The molecule has 0 bridgehead atoms. The van der Waals surface area contributed by atoms with Gasteiger partial charge in [-0.2, -0.15) is 0 Å². The number of morpholine rings is 1. The van der Waals surface area contributed by atoms with Gasteiger partial charge in [0.25, 0.3) is 0 Å². The van der Waals surface area contributed by atoms with Crippen molar-refractivity contribution < 1.29 is 23.7 Å². The molecule has 27 heavy (non-hydrogen) atoms. The third-order valence-corrected chi connectivity index (χ3v) is 5.16. The fraction of sp³-hybridized carbons (Fsp3) is 0.400. The van der Waals surface area contributed by atoms with Crippen LogP contribution in [0, 0.1) is 5.82 Å². The molecule has 2 aromatic rings. The van der Waals surface area contributed by atoms with E-state index in [2.05, 4.69) is 4.90 Å². The van der Waals surface area contributed by atoms with Gasteiger partial charge in [-0.05, 0) is 29.8 Å². The standard InChI is InChI=1S/C20H23ClFNO4/c1-25-17-7-6-13(10-18(17)26-2)20-19(12-24)27-9-8-23(20)11-14-15(21)4-3-5-16(14)22/h3-7,10,19-20,24H,8-9,11-12H2,1-2H3/t19-,20-/m1/s1. The molecule has 1 heterocycles. The molecule has 5 nitrogen and oxygen atoms in total. The molecule has 146 valence electrons. The summed E-state index contributed by atoms with van der Waals surface area (Å²) in [6.45, 7) is 1.19. The molecule has 0 aliphatic carbocycles. The number of hydrogen-bond donors (Lipinski definition) is 1. The summed E-state index contributed by atoms with van der Waals surface area (Å²) in [5.74, 6) is 0.851. The molecule has 0 amide bonds. The van der Waals surface area contributed by atoms with E-state index in [0.717, 1.165) is 5.56 Å². The van der Waals surface area contributed by atoms with Crippen molar-refractivity contribution in [3.63, 3.8) is 0 Å². The van der Waals surface area contributed by atoms with Crippen LogP contribution in [-0.2, 0) is 11.3 Å². The quantitative estimate of drug-likeness (QED) is 0.812. The minimum Gasteiger partial charge on any atom is -0.493 e. The van der Waals surface area contributed by atoms with Gasteiger partial charge < -0.3 is 19.3 Å². The van der Waals surface area contributed by atoms with Crippen molar-refractivity contribution in [2.75, 3.05) is 34.0 Å². The van der Waals surface area contributed by atoms with Gasteiger partial charge in [-0.3, -0.25) is 4.90 Å². The Bertz CT molecular complexity index is 768. The first-order chi connectivity index (χ1) is 13.1. The SMILES string of the molecule is COc1ccc([C@@H]2[C@@H](CO)OCCN2Cc2c(F)cccc2Cl)cc1OC. The van der Waals surface area contributed by atoms with Crippen LogP contribution in [0.25, 0.3) is 0 Å². The summed E-state index contributed by atoms with van der Waals surface area (Å²) < 4.78 is 30.8. The van der Waals surface area contributed by atoms with E-state index in [1.54, 1.807) is 26.4 Å². The summed E-state index contributed by atoms with van der Waals surface area (Å²) in [7, 11) is 3.14. The lowest BCUT2D eigenvalue weighted by molar-refractivity contribution is -0.0963. The van der Waals surface area contributed by atoms with Crippen LogP contribution in [0.2, 0.25) is 5.02 Å². The molecule has 0 spiro atoms. The molecule has 3 rings (SSSR count). The number of halogens is 2. The summed E-state index contributed by atoms with van der Waals surface area (Å²) in [6.07, 6.45) is -0.442. The van der Waals surface area contributed by atoms with Crippen LogP contribution >= 0.6 is 11.6 Å². The summed E-state index contributed by atoms with van der Waals surface area (Å²) in [5, 5.41) is 10.2. The average molecular weight is 396 g/mol. The lowest BCUT2D eigenvalue weighted by Gasteiger charge is -2.41. The Hall–Kier alpha value is -1.86. The Morgan fingerprint density at radius 3 is 2.67 bits per heavy atom. The van der Waals surface area contributed by atoms with Crippen molar-refractivity contribution in [2.45, 2.75) is 18.7 Å². The molecular formula is C20H23ClFNO4. The highest BCUT2D eigenvalue weighted by Gasteiger charge is 2.34. The Kier molecular flexibility index (Phi) is 6.55. The normalized spacial score (nSPS) is 20.5. The molecular weight excluding hydrogens is 373 g/mol. The van der Waals surface area contributed by atoms with Crippen LogP contribution in [0.5, 0.6) is 11.5 Å². The molecule has 1 aliphatic heterocycles. The van der Waals surface area contributed by atoms with Crippen molar-refractivity contribution in [3.8, 4) is 11.5 Å². The number of aliphatic hydroxyl groups excluding tert-OH is 1. The molecule has 1 saturated heterocycles. The van der Waals surface area contributed by atoms with E-state index in [0.29, 0.717) is 41.8 Å². The Balaban J connectivity index is 1.97. The maximum absolute atomic E-state index is 14.3. The number of rotatable bonds is 6. The maximum Gasteiger partial charge on any atom is 0.161 e. The maximum atomic E-state index is 14.3. The fourth-order valence-corrected chi connectivity index (χ4v) is 3.69. The van der Waals surface area contributed by atoms with Crippen molar-refractivity contribution >= 4 is 11.6 Å². The fourth-order valence-electron chi connectivity index (χ4n) is 3.47. The molecule has 2 aromatic carbocycles. The third kappa shape index (κ3) is 4.19. The Morgan fingerprint density at radius 2 is 2.00 bits per heavy atom. The van der Waals surface area contributed by atoms with Crippen molar-refractivity contribution in [1.29, 1.82) is 0 Å². The molecule has 1 fully saturated rings. The van der Waals surface area contributed by atoms with E-state index in [4.69, 9.17) is 25.8 Å². The monoisotopic (exact) mass is 395 g/mol. The zero-order valence-corrected chi connectivity index (χ0v) is 16.1. The first-order valence-electron chi connectivity index (χ1n) is 8.70. The number of ether oxygens (including phenoxy) is 3.